The van der Waals surface area contributed by atoms with E-state index in [4.69, 9.17) is 9.47 Å². The molecule has 1 saturated heterocycles. The van der Waals surface area contributed by atoms with E-state index in [9.17, 15) is 19.7 Å². The van der Waals surface area contributed by atoms with Gasteiger partial charge in [0.15, 0.2) is 13.1 Å². The molecule has 2 N–H and O–H groups in total. The molecule has 0 aromatic heterocycles. The summed E-state index contributed by atoms with van der Waals surface area (Å²) in [6, 6.07) is 3.95. The van der Waals surface area contributed by atoms with Gasteiger partial charge < -0.3 is 24.6 Å². The summed E-state index contributed by atoms with van der Waals surface area (Å²) >= 11 is 0. The fraction of sp³-hybridized carbons (Fsp3) is 0.500. The van der Waals surface area contributed by atoms with Gasteiger partial charge in [0.2, 0.25) is 0 Å². The quantitative estimate of drug-likeness (QED) is 0.468. The summed E-state index contributed by atoms with van der Waals surface area (Å²) in [5.74, 6) is -0.134. The summed E-state index contributed by atoms with van der Waals surface area (Å²) in [6.45, 7) is 2.48. The summed E-state index contributed by atoms with van der Waals surface area (Å²) < 4.78 is 10.3. The van der Waals surface area contributed by atoms with Crippen LogP contribution >= 0.6 is 0 Å². The van der Waals surface area contributed by atoms with E-state index in [2.05, 4.69) is 5.32 Å². The number of nitro benzene ring substituents is 1. The number of carbonyl (C=O) groups is 2. The van der Waals surface area contributed by atoms with Gasteiger partial charge in [-0.3, -0.25) is 19.7 Å². The van der Waals surface area contributed by atoms with Crippen LogP contribution in [0.5, 0.6) is 5.75 Å². The Morgan fingerprint density at radius 1 is 1.35 bits per heavy atom. The van der Waals surface area contributed by atoms with Crippen LogP contribution in [0.15, 0.2) is 18.2 Å². The molecule has 1 fully saturated rings. The summed E-state index contributed by atoms with van der Waals surface area (Å²) in [6.07, 6.45) is 0. The Hall–Kier alpha value is -2.72. The molecule has 1 unspecified atom stereocenters. The summed E-state index contributed by atoms with van der Waals surface area (Å²) in [5, 5.41) is 13.5. The van der Waals surface area contributed by atoms with Gasteiger partial charge in [-0.1, -0.05) is 0 Å². The molecular weight excluding hydrogens is 344 g/mol. The molecule has 0 bridgehead atoms. The number of ether oxygens (including phenoxy) is 2. The third-order valence-corrected chi connectivity index (χ3v) is 3.95. The van der Waals surface area contributed by atoms with Crippen LogP contribution in [-0.2, 0) is 14.3 Å². The molecule has 1 atom stereocenters. The van der Waals surface area contributed by atoms with Gasteiger partial charge in [-0.2, -0.15) is 0 Å². The lowest BCUT2D eigenvalue weighted by Crippen LogP contribution is -3.11. The molecule has 10 heteroatoms. The zero-order valence-corrected chi connectivity index (χ0v) is 14.8. The van der Waals surface area contributed by atoms with Crippen LogP contribution in [0.2, 0.25) is 0 Å². The molecular formula is C16H23N4O6+. The molecule has 1 heterocycles. The maximum absolute atomic E-state index is 12.2. The lowest BCUT2D eigenvalue weighted by molar-refractivity contribution is -0.862. The molecule has 0 saturated carbocycles. The molecule has 1 aromatic carbocycles. The van der Waals surface area contributed by atoms with Crippen molar-refractivity contribution in [2.45, 2.75) is 0 Å². The van der Waals surface area contributed by atoms with Crippen molar-refractivity contribution in [2.75, 3.05) is 58.9 Å². The first-order valence-corrected chi connectivity index (χ1v) is 8.20. The van der Waals surface area contributed by atoms with E-state index in [1.807, 2.05) is 0 Å². The molecule has 0 spiro atoms. The molecule has 2 rings (SSSR count). The maximum Gasteiger partial charge on any atom is 0.279 e. The molecule has 142 valence electrons. The number of nitrogens with zero attached hydrogens (tertiary/aromatic N) is 2. The molecule has 2 amide bonds. The van der Waals surface area contributed by atoms with Gasteiger partial charge in [0.05, 0.1) is 44.0 Å². The number of carbonyl (C=O) groups excluding carboxylic acids is 2. The summed E-state index contributed by atoms with van der Waals surface area (Å²) in [4.78, 5) is 37.1. The van der Waals surface area contributed by atoms with Crippen LogP contribution < -0.4 is 15.0 Å². The third kappa shape index (κ3) is 5.39. The summed E-state index contributed by atoms with van der Waals surface area (Å²) in [5.41, 5.74) is 0.217. The minimum atomic E-state index is -0.538. The number of hydrogen-bond donors (Lipinski definition) is 2. The third-order valence-electron chi connectivity index (χ3n) is 3.95. The first-order chi connectivity index (χ1) is 12.4. The number of benzene rings is 1. The van der Waals surface area contributed by atoms with E-state index < -0.39 is 4.92 Å². The number of nitrogens with one attached hydrogen (secondary N) is 2. The number of quaternary nitrogens is 1. The SMILES string of the molecule is COc1cc([N+](=O)[O-])ccc1NC(=O)C[NH+](C)CC(=O)N1CCOCC1. The Balaban J connectivity index is 1.89. The standard InChI is InChI=1S/C16H22N4O6/c1-18(11-16(22)19-5-7-26-8-6-19)10-15(21)17-13-4-3-12(20(23)24)9-14(13)25-2/h3-4,9H,5-8,10-11H2,1-2H3,(H,17,21)/p+1. The second kappa shape index (κ2) is 9.11. The highest BCUT2D eigenvalue weighted by atomic mass is 16.6. The number of methoxy groups -OCH3 is 1. The number of hydrogen-bond acceptors (Lipinski definition) is 6. The van der Waals surface area contributed by atoms with Gasteiger partial charge in [-0.05, 0) is 6.07 Å². The van der Waals surface area contributed by atoms with Crippen LogP contribution in [-0.4, -0.2) is 75.2 Å². The predicted octanol–water partition coefficient (Wildman–Crippen LogP) is -1.08. The average molecular weight is 367 g/mol. The number of nitro groups is 1. The second-order valence-corrected chi connectivity index (χ2v) is 5.99. The van der Waals surface area contributed by atoms with Crippen LogP contribution in [0.3, 0.4) is 0 Å². The van der Waals surface area contributed by atoms with Crippen LogP contribution in [0.4, 0.5) is 11.4 Å². The van der Waals surface area contributed by atoms with E-state index in [0.717, 1.165) is 4.90 Å². The van der Waals surface area contributed by atoms with Crippen molar-refractivity contribution in [3.63, 3.8) is 0 Å². The number of amides is 2. The van der Waals surface area contributed by atoms with Gasteiger partial charge in [-0.15, -0.1) is 0 Å². The fourth-order valence-corrected chi connectivity index (χ4v) is 2.61. The average Bonchev–Trinajstić information content (AvgIpc) is 2.62. The Labute approximate surface area is 150 Å². The molecule has 26 heavy (non-hydrogen) atoms. The number of morpholine rings is 1. The van der Waals surface area contributed by atoms with Crippen molar-refractivity contribution in [1.29, 1.82) is 0 Å². The highest BCUT2D eigenvalue weighted by molar-refractivity contribution is 5.93. The smallest absolute Gasteiger partial charge is 0.279 e. The van der Waals surface area contributed by atoms with Crippen molar-refractivity contribution >= 4 is 23.2 Å². The van der Waals surface area contributed by atoms with E-state index in [-0.39, 0.29) is 36.3 Å². The van der Waals surface area contributed by atoms with Gasteiger partial charge in [0, 0.05) is 19.2 Å². The largest absolute Gasteiger partial charge is 0.494 e. The molecule has 10 nitrogen and oxygen atoms in total. The Kier molecular flexibility index (Phi) is 6.87. The number of likely N-dealkylation sites (N-methyl/N-ethyl adjacent to an activating group) is 1. The predicted molar refractivity (Wildman–Crippen MR) is 92.3 cm³/mol. The minimum Gasteiger partial charge on any atom is -0.494 e. The van der Waals surface area contributed by atoms with Crippen LogP contribution in [0.25, 0.3) is 0 Å². The van der Waals surface area contributed by atoms with E-state index >= 15 is 0 Å². The molecule has 0 aliphatic carbocycles. The molecule has 1 aromatic rings. The lowest BCUT2D eigenvalue weighted by atomic mass is 10.2. The Morgan fingerprint density at radius 2 is 2.04 bits per heavy atom. The molecule has 0 radical (unpaired) electrons. The zero-order valence-electron chi connectivity index (χ0n) is 14.8. The van der Waals surface area contributed by atoms with Crippen molar-refractivity contribution in [3.05, 3.63) is 28.3 Å². The monoisotopic (exact) mass is 367 g/mol. The lowest BCUT2D eigenvalue weighted by Gasteiger charge is -2.27. The van der Waals surface area contributed by atoms with Gasteiger partial charge >= 0.3 is 0 Å². The highest BCUT2D eigenvalue weighted by Gasteiger charge is 2.22. The van der Waals surface area contributed by atoms with E-state index in [1.54, 1.807) is 11.9 Å². The first-order valence-electron chi connectivity index (χ1n) is 8.20. The molecule has 1 aliphatic heterocycles. The van der Waals surface area contributed by atoms with E-state index in [0.29, 0.717) is 32.0 Å². The van der Waals surface area contributed by atoms with Crippen molar-refractivity contribution in [3.8, 4) is 5.75 Å². The summed E-state index contributed by atoms with van der Waals surface area (Å²) in [7, 11) is 3.12. The van der Waals surface area contributed by atoms with Gasteiger partial charge in [0.25, 0.3) is 17.5 Å². The van der Waals surface area contributed by atoms with Gasteiger partial charge in [-0.25, -0.2) is 0 Å². The topological polar surface area (TPSA) is 115 Å². The first kappa shape index (κ1) is 19.6. The Bertz CT molecular complexity index is 675. The second-order valence-electron chi connectivity index (χ2n) is 5.99. The maximum atomic E-state index is 12.2. The van der Waals surface area contributed by atoms with Gasteiger partial charge in [0.1, 0.15) is 5.75 Å². The minimum absolute atomic E-state index is 0.0217. The number of rotatable bonds is 7. The van der Waals surface area contributed by atoms with Crippen molar-refractivity contribution < 1.29 is 28.9 Å². The number of anilines is 1. The molecule has 1 aliphatic rings. The van der Waals surface area contributed by atoms with Crippen molar-refractivity contribution in [1.82, 2.24) is 4.90 Å². The van der Waals surface area contributed by atoms with E-state index in [1.165, 1.54) is 25.3 Å². The fourth-order valence-electron chi connectivity index (χ4n) is 2.61. The van der Waals surface area contributed by atoms with Crippen molar-refractivity contribution in [2.24, 2.45) is 0 Å². The zero-order chi connectivity index (χ0) is 19.1. The Morgan fingerprint density at radius 3 is 2.65 bits per heavy atom. The van der Waals surface area contributed by atoms with Crippen LogP contribution in [0, 0.1) is 10.1 Å². The highest BCUT2D eigenvalue weighted by Crippen LogP contribution is 2.28. The normalized spacial score (nSPS) is 15.2. The van der Waals surface area contributed by atoms with Crippen LogP contribution in [0.1, 0.15) is 0 Å². The number of non-ortho nitro benzene ring substituents is 1.